The maximum atomic E-state index is 13.2. The number of oxazole rings is 1. The van der Waals surface area contributed by atoms with E-state index < -0.39 is 0 Å². The van der Waals surface area contributed by atoms with Gasteiger partial charge in [-0.2, -0.15) is 11.8 Å². The molecule has 24 heavy (non-hydrogen) atoms. The van der Waals surface area contributed by atoms with Crippen molar-refractivity contribution < 1.29 is 9.21 Å². The Hall–Kier alpha value is -2.08. The van der Waals surface area contributed by atoms with E-state index in [0.717, 1.165) is 30.0 Å². The van der Waals surface area contributed by atoms with Crippen molar-refractivity contribution in [1.82, 2.24) is 4.98 Å². The first kappa shape index (κ1) is 15.4. The van der Waals surface area contributed by atoms with Crippen LogP contribution in [0.3, 0.4) is 0 Å². The average Bonchev–Trinajstić information content (AvgIpc) is 2.83. The highest BCUT2D eigenvalue weighted by molar-refractivity contribution is 8.00. The number of aryl methyl sites for hydroxylation is 2. The molecule has 1 aromatic carbocycles. The van der Waals surface area contributed by atoms with Gasteiger partial charge in [0, 0.05) is 19.2 Å². The zero-order chi connectivity index (χ0) is 16.7. The number of hydrogen-bond acceptors (Lipinski definition) is 5. The molecule has 1 amide bonds. The van der Waals surface area contributed by atoms with E-state index in [1.165, 1.54) is 5.71 Å². The predicted molar refractivity (Wildman–Crippen MR) is 96.7 cm³/mol. The van der Waals surface area contributed by atoms with E-state index in [1.54, 1.807) is 13.8 Å². The van der Waals surface area contributed by atoms with Gasteiger partial charge in [0.15, 0.2) is 11.6 Å². The highest BCUT2D eigenvalue weighted by Crippen LogP contribution is 2.37. The zero-order valence-corrected chi connectivity index (χ0v) is 14.6. The summed E-state index contributed by atoms with van der Waals surface area (Å²) >= 11 is 1.89. The minimum absolute atomic E-state index is 0.112. The van der Waals surface area contributed by atoms with Gasteiger partial charge in [0.25, 0.3) is 5.91 Å². The maximum absolute atomic E-state index is 13.2. The van der Waals surface area contributed by atoms with Crippen LogP contribution in [0.1, 0.15) is 35.0 Å². The van der Waals surface area contributed by atoms with E-state index in [9.17, 15) is 4.79 Å². The average molecular weight is 341 g/mol. The molecule has 0 radical (unpaired) electrons. The summed E-state index contributed by atoms with van der Waals surface area (Å²) in [5.74, 6) is 2.09. The lowest BCUT2D eigenvalue weighted by Crippen LogP contribution is -2.40. The lowest BCUT2D eigenvalue weighted by atomic mass is 10.1. The maximum Gasteiger partial charge on any atom is 0.280 e. The third-order valence-corrected chi connectivity index (χ3v) is 5.75. The first-order valence-electron chi connectivity index (χ1n) is 8.17. The molecule has 0 aliphatic carbocycles. The number of hydrogen-bond donors (Lipinski definition) is 0. The van der Waals surface area contributed by atoms with Crippen molar-refractivity contribution in [3.05, 3.63) is 41.6 Å². The lowest BCUT2D eigenvalue weighted by Gasteiger charge is -2.27. The minimum Gasteiger partial charge on any atom is -0.445 e. The predicted octanol–water partition coefficient (Wildman–Crippen LogP) is 3.92. The summed E-state index contributed by atoms with van der Waals surface area (Å²) in [5.41, 5.74) is 3.31. The molecule has 1 saturated heterocycles. The summed E-state index contributed by atoms with van der Waals surface area (Å²) in [4.78, 5) is 24.1. The van der Waals surface area contributed by atoms with E-state index in [0.29, 0.717) is 23.9 Å². The number of para-hydroxylation sites is 2. The quantitative estimate of drug-likeness (QED) is 0.789. The normalized spacial score (nSPS) is 20.0. The number of benzene rings is 1. The summed E-state index contributed by atoms with van der Waals surface area (Å²) in [6.45, 7) is 4.18. The topological polar surface area (TPSA) is 58.7 Å². The highest BCUT2D eigenvalue weighted by atomic mass is 32.2. The number of aliphatic imine (C=N–C) groups is 1. The van der Waals surface area contributed by atoms with Crippen LogP contribution in [0.15, 0.2) is 33.7 Å². The Labute approximate surface area is 145 Å². The van der Waals surface area contributed by atoms with Crippen molar-refractivity contribution >= 4 is 34.8 Å². The Morgan fingerprint density at radius 2 is 2.17 bits per heavy atom. The van der Waals surface area contributed by atoms with E-state index >= 15 is 0 Å². The Morgan fingerprint density at radius 1 is 1.33 bits per heavy atom. The second-order valence-corrected chi connectivity index (χ2v) is 7.42. The number of nitrogens with zero attached hydrogens (tertiary/aromatic N) is 3. The first-order chi connectivity index (χ1) is 11.6. The Balaban J connectivity index is 1.78. The molecule has 1 unspecified atom stereocenters. The molecule has 1 aromatic heterocycles. The molecular formula is C18H19N3O2S. The van der Waals surface area contributed by atoms with Crippen molar-refractivity contribution in [2.75, 3.05) is 17.2 Å². The lowest BCUT2D eigenvalue weighted by molar-refractivity contribution is 0.0982. The first-order valence-corrected chi connectivity index (χ1v) is 9.22. The fourth-order valence-electron chi connectivity index (χ4n) is 3.28. The summed E-state index contributed by atoms with van der Waals surface area (Å²) in [7, 11) is 0. The highest BCUT2D eigenvalue weighted by Gasteiger charge is 2.33. The minimum atomic E-state index is -0.112. The van der Waals surface area contributed by atoms with Gasteiger partial charge >= 0.3 is 0 Å². The van der Waals surface area contributed by atoms with E-state index in [4.69, 9.17) is 9.41 Å². The molecule has 6 heteroatoms. The molecule has 5 nitrogen and oxygen atoms in total. The molecular weight excluding hydrogens is 322 g/mol. The fraction of sp³-hybridized carbons (Fsp3) is 0.389. The largest absolute Gasteiger partial charge is 0.445 e. The number of fused-ring (bicyclic) bond motifs is 2. The third-order valence-electron chi connectivity index (χ3n) is 4.40. The number of carbonyl (C=O) groups is 1. The van der Waals surface area contributed by atoms with Gasteiger partial charge in [-0.25, -0.2) is 4.98 Å². The number of carbonyl (C=O) groups excluding carboxylic acids is 1. The molecule has 0 N–H and O–H groups in total. The summed E-state index contributed by atoms with van der Waals surface area (Å²) < 4.78 is 5.46. The van der Waals surface area contributed by atoms with Crippen molar-refractivity contribution in [2.24, 2.45) is 4.99 Å². The summed E-state index contributed by atoms with van der Waals surface area (Å²) in [5, 5.41) is 0.253. The Morgan fingerprint density at radius 3 is 2.96 bits per heavy atom. The van der Waals surface area contributed by atoms with Gasteiger partial charge < -0.3 is 9.32 Å². The molecule has 0 bridgehead atoms. The van der Waals surface area contributed by atoms with Crippen LogP contribution >= 0.6 is 11.8 Å². The molecule has 0 saturated carbocycles. The van der Waals surface area contributed by atoms with Gasteiger partial charge in [-0.05, 0) is 37.7 Å². The van der Waals surface area contributed by atoms with E-state index in [-0.39, 0.29) is 11.2 Å². The molecule has 1 fully saturated rings. The van der Waals surface area contributed by atoms with Gasteiger partial charge in [-0.1, -0.05) is 12.1 Å². The van der Waals surface area contributed by atoms with Crippen molar-refractivity contribution in [1.29, 1.82) is 0 Å². The van der Waals surface area contributed by atoms with Crippen molar-refractivity contribution in [3.63, 3.8) is 0 Å². The smallest absolute Gasteiger partial charge is 0.280 e. The molecule has 1 atom stereocenters. The Bertz CT molecular complexity index is 827. The monoisotopic (exact) mass is 341 g/mol. The molecule has 3 heterocycles. The van der Waals surface area contributed by atoms with E-state index in [2.05, 4.69) is 4.98 Å². The van der Waals surface area contributed by atoms with Crippen LogP contribution in [0, 0.1) is 13.8 Å². The molecule has 0 spiro atoms. The number of anilines is 1. The van der Waals surface area contributed by atoms with Gasteiger partial charge in [-0.3, -0.25) is 9.79 Å². The van der Waals surface area contributed by atoms with Gasteiger partial charge in [0.2, 0.25) is 0 Å². The summed E-state index contributed by atoms with van der Waals surface area (Å²) in [6, 6.07) is 7.85. The zero-order valence-electron chi connectivity index (χ0n) is 13.8. The fourth-order valence-corrected chi connectivity index (χ4v) is 4.49. The van der Waals surface area contributed by atoms with E-state index in [1.807, 2.05) is 40.9 Å². The number of thioether (sulfide) groups is 1. The summed E-state index contributed by atoms with van der Waals surface area (Å²) in [6.07, 6.45) is 2.16. The van der Waals surface area contributed by atoms with Gasteiger partial charge in [-0.15, -0.1) is 0 Å². The molecule has 4 rings (SSSR count). The molecule has 2 aliphatic rings. The number of rotatable bonds is 1. The number of aromatic nitrogens is 1. The molecule has 2 aliphatic heterocycles. The SMILES string of the molecule is Cc1nc(C(=O)N2CC3SCCCC3=Nc3ccccc32)c(C)o1. The third kappa shape index (κ3) is 2.65. The van der Waals surface area contributed by atoms with Crippen molar-refractivity contribution in [3.8, 4) is 0 Å². The second kappa shape index (κ2) is 6.09. The van der Waals surface area contributed by atoms with Crippen LogP contribution in [0.4, 0.5) is 11.4 Å². The van der Waals surface area contributed by atoms with Crippen LogP contribution in [0.2, 0.25) is 0 Å². The number of amides is 1. The standard InChI is InChI=1S/C18H19N3O2S/c1-11-17(19-12(2)23-11)18(22)21-10-16-14(7-5-9-24-16)20-13-6-3-4-8-15(13)21/h3-4,6,8,16H,5,7,9-10H2,1-2H3. The molecule has 2 aromatic rings. The van der Waals surface area contributed by atoms with Crippen LogP contribution in [0.25, 0.3) is 0 Å². The van der Waals surface area contributed by atoms with Crippen LogP contribution in [-0.2, 0) is 0 Å². The Kier molecular flexibility index (Phi) is 3.92. The van der Waals surface area contributed by atoms with Gasteiger partial charge in [0.05, 0.1) is 16.6 Å². The van der Waals surface area contributed by atoms with Crippen LogP contribution < -0.4 is 4.90 Å². The van der Waals surface area contributed by atoms with Crippen LogP contribution in [0.5, 0.6) is 0 Å². The van der Waals surface area contributed by atoms with Gasteiger partial charge in [0.1, 0.15) is 5.76 Å². The van der Waals surface area contributed by atoms with Crippen LogP contribution in [-0.4, -0.2) is 34.2 Å². The van der Waals surface area contributed by atoms with Crippen molar-refractivity contribution in [2.45, 2.75) is 31.9 Å². The second-order valence-electron chi connectivity index (χ2n) is 6.11. The molecule has 124 valence electrons.